The molecule has 92 valence electrons. The van der Waals surface area contributed by atoms with Crippen molar-refractivity contribution in [2.24, 2.45) is 0 Å². The highest BCUT2D eigenvalue weighted by atomic mass is 16.1. The van der Waals surface area contributed by atoms with Crippen LogP contribution in [-0.2, 0) is 10.2 Å². The van der Waals surface area contributed by atoms with Gasteiger partial charge in [0.15, 0.2) is 0 Å². The van der Waals surface area contributed by atoms with Crippen LogP contribution >= 0.6 is 0 Å². The van der Waals surface area contributed by atoms with Crippen LogP contribution in [0.1, 0.15) is 37.4 Å². The van der Waals surface area contributed by atoms with Crippen molar-refractivity contribution in [3.8, 4) is 0 Å². The van der Waals surface area contributed by atoms with Crippen LogP contribution in [0.15, 0.2) is 30.3 Å². The smallest absolute Gasteiger partial charge is 0.133 e. The molecular formula is C16H17NO. The maximum absolute atomic E-state index is 11.5. The largest absolute Gasteiger partial charge is 0.300 e. The summed E-state index contributed by atoms with van der Waals surface area (Å²) >= 11 is 0. The Morgan fingerprint density at radius 2 is 2.06 bits per heavy atom. The quantitative estimate of drug-likeness (QED) is 0.761. The Bertz CT molecular complexity index is 632. The van der Waals surface area contributed by atoms with Crippen LogP contribution in [0.3, 0.4) is 0 Å². The number of benzene rings is 1. The maximum Gasteiger partial charge on any atom is 0.133 e. The average molecular weight is 239 g/mol. The van der Waals surface area contributed by atoms with E-state index in [0.717, 1.165) is 24.1 Å². The van der Waals surface area contributed by atoms with Gasteiger partial charge in [-0.1, -0.05) is 19.1 Å². The summed E-state index contributed by atoms with van der Waals surface area (Å²) in [6.07, 6.45) is 2.37. The highest BCUT2D eigenvalue weighted by Crippen LogP contribution is 2.39. The van der Waals surface area contributed by atoms with Crippen LogP contribution in [0.25, 0.3) is 10.9 Å². The van der Waals surface area contributed by atoms with Gasteiger partial charge < -0.3 is 0 Å². The van der Waals surface area contributed by atoms with Gasteiger partial charge >= 0.3 is 0 Å². The fourth-order valence-electron chi connectivity index (χ4n) is 2.88. The van der Waals surface area contributed by atoms with Crippen molar-refractivity contribution < 1.29 is 4.79 Å². The molecule has 0 spiro atoms. The number of aromatic nitrogens is 1. The molecule has 1 atom stereocenters. The first-order chi connectivity index (χ1) is 8.57. The molecule has 1 unspecified atom stereocenters. The van der Waals surface area contributed by atoms with E-state index in [9.17, 15) is 4.79 Å². The number of nitrogens with zero attached hydrogens (tertiary/aromatic N) is 1. The first-order valence-corrected chi connectivity index (χ1v) is 6.46. The molecule has 2 aromatic rings. The summed E-state index contributed by atoms with van der Waals surface area (Å²) in [5, 5.41) is 1.17. The summed E-state index contributed by atoms with van der Waals surface area (Å²) < 4.78 is 0. The summed E-state index contributed by atoms with van der Waals surface area (Å²) in [6.45, 7) is 4.20. The van der Waals surface area contributed by atoms with Crippen molar-refractivity contribution >= 4 is 16.7 Å². The summed E-state index contributed by atoms with van der Waals surface area (Å²) in [7, 11) is 0. The average Bonchev–Trinajstić information content (AvgIpc) is 2.70. The van der Waals surface area contributed by atoms with Crippen molar-refractivity contribution in [1.82, 2.24) is 4.98 Å². The van der Waals surface area contributed by atoms with Crippen molar-refractivity contribution in [1.29, 1.82) is 0 Å². The van der Waals surface area contributed by atoms with Crippen LogP contribution in [0.4, 0.5) is 0 Å². The summed E-state index contributed by atoms with van der Waals surface area (Å²) in [5.41, 5.74) is 3.37. The van der Waals surface area contributed by atoms with Crippen molar-refractivity contribution in [2.75, 3.05) is 0 Å². The molecule has 2 heteroatoms. The molecule has 1 aliphatic rings. The highest BCUT2D eigenvalue weighted by Gasteiger charge is 2.35. The lowest BCUT2D eigenvalue weighted by Crippen LogP contribution is -2.17. The molecule has 0 saturated heterocycles. The summed E-state index contributed by atoms with van der Waals surface area (Å²) in [6, 6.07) is 10.6. The van der Waals surface area contributed by atoms with E-state index in [1.54, 1.807) is 0 Å². The summed E-state index contributed by atoms with van der Waals surface area (Å²) in [5.74, 6) is 0.389. The van der Waals surface area contributed by atoms with Gasteiger partial charge in [-0.05, 0) is 42.5 Å². The van der Waals surface area contributed by atoms with E-state index in [2.05, 4.69) is 36.2 Å². The predicted molar refractivity (Wildman–Crippen MR) is 72.7 cm³/mol. The molecule has 1 aliphatic carbocycles. The van der Waals surface area contributed by atoms with Gasteiger partial charge in [0.25, 0.3) is 0 Å². The van der Waals surface area contributed by atoms with E-state index >= 15 is 0 Å². The van der Waals surface area contributed by atoms with Crippen LogP contribution in [-0.4, -0.2) is 10.8 Å². The first kappa shape index (κ1) is 11.4. The van der Waals surface area contributed by atoms with Gasteiger partial charge in [0.1, 0.15) is 5.78 Å². The Balaban J connectivity index is 2.08. The van der Waals surface area contributed by atoms with Gasteiger partial charge in [-0.15, -0.1) is 0 Å². The molecule has 3 rings (SSSR count). The number of hydrogen-bond acceptors (Lipinski definition) is 2. The second kappa shape index (κ2) is 3.91. The monoisotopic (exact) mass is 239 g/mol. The lowest BCUT2D eigenvalue weighted by molar-refractivity contribution is -0.117. The molecule has 1 aromatic heterocycles. The lowest BCUT2D eigenvalue weighted by Gasteiger charge is -2.23. The van der Waals surface area contributed by atoms with Crippen LogP contribution in [0, 0.1) is 6.92 Å². The second-order valence-corrected chi connectivity index (χ2v) is 5.64. The minimum Gasteiger partial charge on any atom is -0.300 e. The molecule has 1 heterocycles. The fraction of sp³-hybridized carbons (Fsp3) is 0.375. The number of Topliss-reactive ketones (excluding diaryl/α,β-unsaturated/α-hetero) is 1. The van der Waals surface area contributed by atoms with Crippen LogP contribution in [0.2, 0.25) is 0 Å². The van der Waals surface area contributed by atoms with E-state index in [1.807, 2.05) is 13.0 Å². The molecule has 18 heavy (non-hydrogen) atoms. The number of ketones is 1. The Labute approximate surface area is 107 Å². The zero-order chi connectivity index (χ0) is 12.8. The van der Waals surface area contributed by atoms with Gasteiger partial charge in [0, 0.05) is 23.9 Å². The Hall–Kier alpha value is -1.70. The Kier molecular flexibility index (Phi) is 2.47. The molecule has 1 saturated carbocycles. The summed E-state index contributed by atoms with van der Waals surface area (Å²) in [4.78, 5) is 16.0. The number of hydrogen-bond donors (Lipinski definition) is 0. The fourth-order valence-corrected chi connectivity index (χ4v) is 2.88. The third kappa shape index (κ3) is 1.82. The minimum absolute atomic E-state index is 0.0240. The van der Waals surface area contributed by atoms with Gasteiger partial charge in [-0.3, -0.25) is 9.78 Å². The molecule has 0 radical (unpaired) electrons. The molecule has 0 aliphatic heterocycles. The van der Waals surface area contributed by atoms with Gasteiger partial charge in [-0.2, -0.15) is 0 Å². The first-order valence-electron chi connectivity index (χ1n) is 6.46. The normalized spacial score (nSPS) is 23.8. The van der Waals surface area contributed by atoms with Crippen molar-refractivity contribution in [2.45, 2.75) is 38.5 Å². The second-order valence-electron chi connectivity index (χ2n) is 5.64. The third-order valence-corrected chi connectivity index (χ3v) is 4.07. The van der Waals surface area contributed by atoms with Gasteiger partial charge in [0.05, 0.1) is 5.52 Å². The Morgan fingerprint density at radius 3 is 2.78 bits per heavy atom. The molecule has 0 bridgehead atoms. The zero-order valence-corrected chi connectivity index (χ0v) is 10.9. The highest BCUT2D eigenvalue weighted by molar-refractivity contribution is 5.84. The molecule has 1 fully saturated rings. The maximum atomic E-state index is 11.5. The molecule has 2 nitrogen and oxygen atoms in total. The number of aryl methyl sites for hydroxylation is 1. The van der Waals surface area contributed by atoms with E-state index in [-0.39, 0.29) is 5.41 Å². The van der Waals surface area contributed by atoms with Crippen molar-refractivity contribution in [3.05, 3.63) is 41.6 Å². The predicted octanol–water partition coefficient (Wildman–Crippen LogP) is 3.55. The van der Waals surface area contributed by atoms with Gasteiger partial charge in [0.2, 0.25) is 0 Å². The standard InChI is InChI=1S/C16H17NO/c1-11-3-4-12-9-13(5-6-15(12)17-11)16(2)8-7-14(18)10-16/h3-6,9H,7-8,10H2,1-2H3. The zero-order valence-electron chi connectivity index (χ0n) is 10.9. The Morgan fingerprint density at radius 1 is 1.22 bits per heavy atom. The molecular weight excluding hydrogens is 222 g/mol. The number of fused-ring (bicyclic) bond motifs is 1. The van der Waals surface area contributed by atoms with Crippen LogP contribution in [0.5, 0.6) is 0 Å². The molecule has 0 amide bonds. The van der Waals surface area contributed by atoms with Gasteiger partial charge in [-0.25, -0.2) is 0 Å². The number of carbonyl (C=O) groups excluding carboxylic acids is 1. The molecule has 1 aromatic carbocycles. The van der Waals surface area contributed by atoms with E-state index in [4.69, 9.17) is 0 Å². The van der Waals surface area contributed by atoms with Crippen molar-refractivity contribution in [3.63, 3.8) is 0 Å². The SMILES string of the molecule is Cc1ccc2cc(C3(C)CCC(=O)C3)ccc2n1. The van der Waals surface area contributed by atoms with E-state index in [1.165, 1.54) is 10.9 Å². The van der Waals surface area contributed by atoms with E-state index < -0.39 is 0 Å². The third-order valence-electron chi connectivity index (χ3n) is 4.07. The lowest BCUT2D eigenvalue weighted by atomic mass is 9.80. The number of carbonyl (C=O) groups is 1. The number of pyridine rings is 1. The van der Waals surface area contributed by atoms with Crippen LogP contribution < -0.4 is 0 Å². The number of rotatable bonds is 1. The van der Waals surface area contributed by atoms with E-state index in [0.29, 0.717) is 12.2 Å². The molecule has 0 N–H and O–H groups in total. The topological polar surface area (TPSA) is 30.0 Å². The minimum atomic E-state index is 0.0240.